The fourth-order valence-electron chi connectivity index (χ4n) is 0.0664. The summed E-state index contributed by atoms with van der Waals surface area (Å²) in [5.41, 5.74) is 0. The van der Waals surface area contributed by atoms with Crippen LogP contribution in [0.2, 0.25) is 0 Å². The third-order valence-corrected chi connectivity index (χ3v) is 0.738. The minimum absolute atomic E-state index is 2.44. The molecule has 0 saturated heterocycles. The number of hydrogen-bond acceptors (Lipinski definition) is 6. The fourth-order valence-corrected chi connectivity index (χ4v) is 0.597. The molecule has 10 heavy (non-hydrogen) atoms. The highest BCUT2D eigenvalue weighted by molar-refractivity contribution is 7.83. The predicted molar refractivity (Wildman–Crippen MR) is 22.2 cm³/mol. The molecule has 0 aromatic carbocycles. The molecule has 0 heterocycles. The molecule has 0 saturated carbocycles. The van der Waals surface area contributed by atoms with Crippen LogP contribution in [0.3, 0.4) is 0 Å². The second kappa shape index (κ2) is 2.74. The summed E-state index contributed by atoms with van der Waals surface area (Å²) in [6, 6.07) is 0. The highest BCUT2D eigenvalue weighted by Gasteiger charge is 2.17. The van der Waals surface area contributed by atoms with Gasteiger partial charge in [-0.15, -0.1) is 0 Å². The summed E-state index contributed by atoms with van der Waals surface area (Å²) in [5.74, 6) is 0. The van der Waals surface area contributed by atoms with Crippen LogP contribution in [-0.4, -0.2) is 16.8 Å². The molecule has 0 aromatic heterocycles. The van der Waals surface area contributed by atoms with Crippen LogP contribution >= 0.6 is 0 Å². The van der Waals surface area contributed by atoms with E-state index in [9.17, 15) is 24.6 Å². The van der Waals surface area contributed by atoms with Crippen molar-refractivity contribution >= 4 is 21.0 Å². The lowest BCUT2D eigenvalue weighted by Crippen LogP contribution is -2.03. The zero-order valence-electron chi connectivity index (χ0n) is 4.02. The largest absolute Gasteiger partial charge is 0.465 e. The maximum absolute atomic E-state index is 11.1. The van der Waals surface area contributed by atoms with E-state index >= 15 is 0 Å². The number of hydrogen-bond donors (Lipinski definition) is 0. The molecule has 0 N–H and O–H groups in total. The summed E-state index contributed by atoms with van der Waals surface area (Å²) in [6.07, 6.45) is 0. The second-order valence-corrected chi connectivity index (χ2v) is 2.77. The first-order valence-electron chi connectivity index (χ1n) is 1.48. The van der Waals surface area contributed by atoms with Crippen molar-refractivity contribution in [3.05, 3.63) is 0 Å². The van der Waals surface area contributed by atoms with Crippen molar-refractivity contribution in [3.63, 3.8) is 0 Å². The van der Waals surface area contributed by atoms with Gasteiger partial charge in [-0.1, -0.05) is 16.4 Å². The average Bonchev–Trinajstić information content (AvgIpc) is 1.57. The van der Waals surface area contributed by atoms with Crippen molar-refractivity contribution < 1.29 is 33.3 Å². The van der Waals surface area contributed by atoms with Gasteiger partial charge in [-0.2, -0.15) is 16.8 Å². The van der Waals surface area contributed by atoms with E-state index in [1.54, 1.807) is 0 Å². The van der Waals surface area contributed by atoms with Crippen molar-refractivity contribution in [1.82, 2.24) is 0 Å². The van der Waals surface area contributed by atoms with Crippen molar-refractivity contribution in [2.75, 3.05) is 0 Å². The van der Waals surface area contributed by atoms with Crippen LogP contribution in [0.4, 0.5) is 7.77 Å². The first-order valence-corrected chi connectivity index (χ1v) is 4.09. The Bertz CT molecular complexity index is 250. The van der Waals surface area contributed by atoms with Crippen molar-refractivity contribution in [1.29, 1.82) is 0 Å². The zero-order valence-corrected chi connectivity index (χ0v) is 5.65. The molecule has 0 amide bonds. The molecular weight excluding hydrogens is 198 g/mol. The Morgan fingerprint density at radius 2 is 1.00 bits per heavy atom. The van der Waals surface area contributed by atoms with Gasteiger partial charge in [-0.05, 0) is 0 Å². The monoisotopic (exact) mass is 198 g/mol. The van der Waals surface area contributed by atoms with Crippen LogP contribution in [0.1, 0.15) is 0 Å². The van der Waals surface area contributed by atoms with Gasteiger partial charge >= 0.3 is 21.0 Å². The van der Waals surface area contributed by atoms with E-state index in [-0.39, 0.29) is 0 Å². The molecule has 0 unspecified atom stereocenters. The van der Waals surface area contributed by atoms with Crippen LogP contribution in [0.25, 0.3) is 0 Å². The smallest absolute Gasteiger partial charge is 0.162 e. The Kier molecular flexibility index (Phi) is 2.65. The van der Waals surface area contributed by atoms with Gasteiger partial charge < -0.3 is 0 Å². The van der Waals surface area contributed by atoms with Crippen LogP contribution in [0, 0.1) is 0 Å². The van der Waals surface area contributed by atoms with Crippen molar-refractivity contribution in [2.24, 2.45) is 0 Å². The molecule has 0 aliphatic carbocycles. The Labute approximate surface area is 55.1 Å². The highest BCUT2D eigenvalue weighted by Crippen LogP contribution is 2.00. The first-order chi connectivity index (χ1) is 4.21. The lowest BCUT2D eigenvalue weighted by molar-refractivity contribution is -0.0968. The molecule has 62 valence electrons. The molecule has 0 rings (SSSR count). The molecular formula is F2O6S2. The zero-order chi connectivity index (χ0) is 8.41. The van der Waals surface area contributed by atoms with E-state index in [1.165, 1.54) is 0 Å². The molecule has 0 spiro atoms. The third-order valence-electron chi connectivity index (χ3n) is 0.190. The Balaban J connectivity index is 4.05. The second-order valence-electron chi connectivity index (χ2n) is 0.922. The molecule has 0 aliphatic heterocycles. The van der Waals surface area contributed by atoms with E-state index in [2.05, 4.69) is 8.67 Å². The highest BCUT2D eigenvalue weighted by atomic mass is 32.3. The molecule has 0 atom stereocenters. The first kappa shape index (κ1) is 9.68. The van der Waals surface area contributed by atoms with Gasteiger partial charge in [0.2, 0.25) is 0 Å². The Hall–Kier alpha value is -0.320. The van der Waals surface area contributed by atoms with Crippen LogP contribution in [0.5, 0.6) is 0 Å². The van der Waals surface area contributed by atoms with Crippen LogP contribution in [-0.2, 0) is 29.7 Å². The summed E-state index contributed by atoms with van der Waals surface area (Å²) < 4.78 is 64.0. The molecule has 0 aliphatic rings. The van der Waals surface area contributed by atoms with E-state index < -0.39 is 21.0 Å². The Morgan fingerprint density at radius 1 is 0.800 bits per heavy atom. The van der Waals surface area contributed by atoms with Crippen LogP contribution in [0.15, 0.2) is 0 Å². The summed E-state index contributed by atoms with van der Waals surface area (Å²) in [4.78, 5) is 0. The maximum atomic E-state index is 11.1. The molecule has 0 bridgehead atoms. The summed E-state index contributed by atoms with van der Waals surface area (Å²) in [6.45, 7) is 0. The minimum Gasteiger partial charge on any atom is -0.162 e. The quantitative estimate of drug-likeness (QED) is 0.340. The van der Waals surface area contributed by atoms with Gasteiger partial charge in [0.05, 0.1) is 0 Å². The van der Waals surface area contributed by atoms with Crippen molar-refractivity contribution in [2.45, 2.75) is 0 Å². The number of halogens is 2. The molecule has 6 nitrogen and oxygen atoms in total. The van der Waals surface area contributed by atoms with Gasteiger partial charge in [-0.25, -0.2) is 0 Å². The lowest BCUT2D eigenvalue weighted by atomic mass is 14.9. The molecule has 0 fully saturated rings. The molecule has 10 heteroatoms. The van der Waals surface area contributed by atoms with Crippen LogP contribution < -0.4 is 0 Å². The van der Waals surface area contributed by atoms with Gasteiger partial charge in [0.25, 0.3) is 0 Å². The summed E-state index contributed by atoms with van der Waals surface area (Å²) >= 11 is 0. The summed E-state index contributed by atoms with van der Waals surface area (Å²) in [5, 5.41) is 0. The standard InChI is InChI=1S/F2O6S2/c1-9(3,4)7-8-10(2,5)6. The van der Waals surface area contributed by atoms with Gasteiger partial charge in [-0.3, -0.25) is 0 Å². The summed E-state index contributed by atoms with van der Waals surface area (Å²) in [7, 11) is -11.2. The molecule has 0 aromatic rings. The van der Waals surface area contributed by atoms with Gasteiger partial charge in [0, 0.05) is 0 Å². The van der Waals surface area contributed by atoms with E-state index in [4.69, 9.17) is 0 Å². The van der Waals surface area contributed by atoms with Gasteiger partial charge in [0.1, 0.15) is 0 Å². The Morgan fingerprint density at radius 3 is 1.10 bits per heavy atom. The fraction of sp³-hybridized carbons (Fsp3) is 0. The van der Waals surface area contributed by atoms with E-state index in [1.807, 2.05) is 0 Å². The van der Waals surface area contributed by atoms with Gasteiger partial charge in [0.15, 0.2) is 0 Å². The maximum Gasteiger partial charge on any atom is 0.465 e. The van der Waals surface area contributed by atoms with E-state index in [0.29, 0.717) is 0 Å². The number of rotatable bonds is 3. The predicted octanol–water partition coefficient (Wildman–Crippen LogP) is -0.637. The van der Waals surface area contributed by atoms with Crippen molar-refractivity contribution in [3.8, 4) is 0 Å². The van der Waals surface area contributed by atoms with E-state index in [0.717, 1.165) is 0 Å². The minimum atomic E-state index is -5.60. The molecule has 0 radical (unpaired) electrons. The third kappa shape index (κ3) is 7.68. The average molecular weight is 198 g/mol. The lowest BCUT2D eigenvalue weighted by Gasteiger charge is -1.88. The normalized spacial score (nSPS) is 13.4. The topological polar surface area (TPSA) is 86.7 Å². The SMILES string of the molecule is O=S(=O)(F)OOS(=O)(=O)F.